The SMILES string of the molecule is CC(CN(C)C(C)C(C)(C)C)C(=O)c1ccccc1F. The lowest BCUT2D eigenvalue weighted by Crippen LogP contribution is -2.42. The average molecular weight is 279 g/mol. The van der Waals surface area contributed by atoms with Crippen molar-refractivity contribution in [2.45, 2.75) is 40.7 Å². The Balaban J connectivity index is 2.74. The minimum absolute atomic E-state index is 0.129. The van der Waals surface area contributed by atoms with Crippen molar-refractivity contribution in [1.82, 2.24) is 4.90 Å². The van der Waals surface area contributed by atoms with E-state index in [2.05, 4.69) is 32.6 Å². The molecule has 1 rings (SSSR count). The highest BCUT2D eigenvalue weighted by Crippen LogP contribution is 2.24. The molecule has 0 aromatic heterocycles. The zero-order valence-corrected chi connectivity index (χ0v) is 13.4. The molecule has 0 spiro atoms. The molecule has 0 heterocycles. The molecule has 2 nitrogen and oxygen atoms in total. The van der Waals surface area contributed by atoms with Crippen molar-refractivity contribution in [2.24, 2.45) is 11.3 Å². The third-order valence-corrected chi connectivity index (χ3v) is 4.06. The molecule has 112 valence electrons. The van der Waals surface area contributed by atoms with E-state index in [-0.39, 0.29) is 22.7 Å². The molecular formula is C17H26FNO. The summed E-state index contributed by atoms with van der Waals surface area (Å²) in [7, 11) is 2.01. The van der Waals surface area contributed by atoms with Gasteiger partial charge < -0.3 is 4.90 Å². The minimum atomic E-state index is -0.434. The van der Waals surface area contributed by atoms with E-state index in [1.165, 1.54) is 6.07 Å². The first kappa shape index (κ1) is 16.8. The van der Waals surface area contributed by atoms with Crippen LogP contribution >= 0.6 is 0 Å². The van der Waals surface area contributed by atoms with Gasteiger partial charge in [0.1, 0.15) is 5.82 Å². The smallest absolute Gasteiger partial charge is 0.169 e. The number of carbonyl (C=O) groups is 1. The van der Waals surface area contributed by atoms with Crippen molar-refractivity contribution in [3.05, 3.63) is 35.6 Å². The Morgan fingerprint density at radius 2 is 1.80 bits per heavy atom. The Hall–Kier alpha value is -1.22. The molecule has 0 aliphatic rings. The summed E-state index contributed by atoms with van der Waals surface area (Å²) < 4.78 is 13.7. The van der Waals surface area contributed by atoms with Crippen LogP contribution in [0, 0.1) is 17.2 Å². The van der Waals surface area contributed by atoms with Crippen molar-refractivity contribution >= 4 is 5.78 Å². The summed E-state index contributed by atoms with van der Waals surface area (Å²) in [6, 6.07) is 6.54. The van der Waals surface area contributed by atoms with E-state index in [9.17, 15) is 9.18 Å². The number of nitrogens with zero attached hydrogens (tertiary/aromatic N) is 1. The van der Waals surface area contributed by atoms with E-state index >= 15 is 0 Å². The third-order valence-electron chi connectivity index (χ3n) is 4.06. The van der Waals surface area contributed by atoms with Gasteiger partial charge in [0.2, 0.25) is 0 Å². The van der Waals surface area contributed by atoms with Crippen LogP contribution in [0.2, 0.25) is 0 Å². The quantitative estimate of drug-likeness (QED) is 0.759. The highest BCUT2D eigenvalue weighted by molar-refractivity contribution is 5.98. The lowest BCUT2D eigenvalue weighted by Gasteiger charge is -2.36. The van der Waals surface area contributed by atoms with Crippen LogP contribution in [-0.2, 0) is 0 Å². The number of Topliss-reactive ketones (excluding diaryl/α,β-unsaturated/α-hetero) is 1. The second-order valence-corrected chi connectivity index (χ2v) is 6.73. The number of halogens is 1. The first-order chi connectivity index (χ1) is 9.14. The molecule has 0 saturated carbocycles. The Bertz CT molecular complexity index is 464. The van der Waals surface area contributed by atoms with Gasteiger partial charge in [0.15, 0.2) is 5.78 Å². The first-order valence-corrected chi connectivity index (χ1v) is 7.13. The Morgan fingerprint density at radius 1 is 1.25 bits per heavy atom. The standard InChI is InChI=1S/C17H26FNO/c1-12(11-19(6)13(2)17(3,4)5)16(20)14-9-7-8-10-15(14)18/h7-10,12-13H,11H2,1-6H3. The fraction of sp³-hybridized carbons (Fsp3) is 0.588. The number of benzene rings is 1. The second kappa shape index (κ2) is 6.49. The van der Waals surface area contributed by atoms with E-state index in [1.54, 1.807) is 18.2 Å². The number of ketones is 1. The maximum absolute atomic E-state index is 13.7. The largest absolute Gasteiger partial charge is 0.302 e. The Labute approximate surface area is 122 Å². The van der Waals surface area contributed by atoms with Crippen LogP contribution < -0.4 is 0 Å². The van der Waals surface area contributed by atoms with Crippen LogP contribution in [0.25, 0.3) is 0 Å². The van der Waals surface area contributed by atoms with E-state index < -0.39 is 5.82 Å². The Morgan fingerprint density at radius 3 is 2.30 bits per heavy atom. The molecule has 3 heteroatoms. The predicted octanol–water partition coefficient (Wildman–Crippen LogP) is 4.01. The molecule has 0 saturated heterocycles. The van der Waals surface area contributed by atoms with Gasteiger partial charge in [-0.1, -0.05) is 39.8 Å². The van der Waals surface area contributed by atoms with Crippen molar-refractivity contribution < 1.29 is 9.18 Å². The van der Waals surface area contributed by atoms with Gasteiger partial charge in [-0.15, -0.1) is 0 Å². The number of carbonyl (C=O) groups excluding carboxylic acids is 1. The molecule has 1 aromatic rings. The summed E-state index contributed by atoms with van der Waals surface area (Å²) in [5.74, 6) is -0.784. The molecule has 0 N–H and O–H groups in total. The van der Waals surface area contributed by atoms with Gasteiger partial charge in [0, 0.05) is 18.5 Å². The van der Waals surface area contributed by atoms with Crippen LogP contribution in [0.1, 0.15) is 45.0 Å². The molecule has 2 atom stereocenters. The van der Waals surface area contributed by atoms with Crippen LogP contribution in [0.3, 0.4) is 0 Å². The van der Waals surface area contributed by atoms with Gasteiger partial charge in [-0.25, -0.2) is 4.39 Å². The Kier molecular flexibility index (Phi) is 5.46. The van der Waals surface area contributed by atoms with Gasteiger partial charge in [0.25, 0.3) is 0 Å². The maximum Gasteiger partial charge on any atom is 0.169 e. The van der Waals surface area contributed by atoms with Crippen molar-refractivity contribution in [1.29, 1.82) is 0 Å². The summed E-state index contributed by atoms with van der Waals surface area (Å²) in [4.78, 5) is 14.5. The number of rotatable bonds is 5. The molecule has 2 unspecified atom stereocenters. The first-order valence-electron chi connectivity index (χ1n) is 7.13. The zero-order chi connectivity index (χ0) is 15.5. The fourth-order valence-electron chi connectivity index (χ4n) is 2.26. The fourth-order valence-corrected chi connectivity index (χ4v) is 2.26. The van der Waals surface area contributed by atoms with Gasteiger partial charge in [-0.2, -0.15) is 0 Å². The summed E-state index contributed by atoms with van der Waals surface area (Å²) in [5.41, 5.74) is 0.340. The predicted molar refractivity (Wildman–Crippen MR) is 81.4 cm³/mol. The van der Waals surface area contributed by atoms with E-state index in [1.807, 2.05) is 14.0 Å². The molecule has 0 aliphatic carbocycles. The topological polar surface area (TPSA) is 20.3 Å². The van der Waals surface area contributed by atoms with E-state index in [4.69, 9.17) is 0 Å². The summed E-state index contributed by atoms with van der Waals surface area (Å²) in [6.45, 7) is 11.2. The lowest BCUT2D eigenvalue weighted by atomic mass is 9.86. The summed E-state index contributed by atoms with van der Waals surface area (Å²) in [6.07, 6.45) is 0. The number of hydrogen-bond acceptors (Lipinski definition) is 2. The minimum Gasteiger partial charge on any atom is -0.302 e. The summed E-state index contributed by atoms with van der Waals surface area (Å²) in [5, 5.41) is 0. The molecule has 1 aromatic carbocycles. The highest BCUT2D eigenvalue weighted by atomic mass is 19.1. The lowest BCUT2D eigenvalue weighted by molar-refractivity contribution is 0.0828. The molecule has 0 aliphatic heterocycles. The van der Waals surface area contributed by atoms with E-state index in [0.29, 0.717) is 12.6 Å². The molecule has 0 fully saturated rings. The van der Waals surface area contributed by atoms with Gasteiger partial charge in [0.05, 0.1) is 5.56 Å². The van der Waals surface area contributed by atoms with Crippen LogP contribution in [0.4, 0.5) is 4.39 Å². The van der Waals surface area contributed by atoms with Gasteiger partial charge >= 0.3 is 0 Å². The highest BCUT2D eigenvalue weighted by Gasteiger charge is 2.27. The van der Waals surface area contributed by atoms with Gasteiger partial charge in [-0.3, -0.25) is 4.79 Å². The van der Waals surface area contributed by atoms with Crippen molar-refractivity contribution in [2.75, 3.05) is 13.6 Å². The monoisotopic (exact) mass is 279 g/mol. The van der Waals surface area contributed by atoms with Crippen LogP contribution in [0.15, 0.2) is 24.3 Å². The molecular weight excluding hydrogens is 253 g/mol. The third kappa shape index (κ3) is 4.14. The molecule has 20 heavy (non-hydrogen) atoms. The van der Waals surface area contributed by atoms with Gasteiger partial charge in [-0.05, 0) is 31.5 Å². The number of hydrogen-bond donors (Lipinski definition) is 0. The molecule has 0 bridgehead atoms. The zero-order valence-electron chi connectivity index (χ0n) is 13.4. The second-order valence-electron chi connectivity index (χ2n) is 6.73. The van der Waals surface area contributed by atoms with E-state index in [0.717, 1.165) is 0 Å². The normalized spacial score (nSPS) is 15.2. The maximum atomic E-state index is 13.7. The van der Waals surface area contributed by atoms with Crippen LogP contribution in [0.5, 0.6) is 0 Å². The molecule has 0 amide bonds. The molecule has 0 radical (unpaired) electrons. The van der Waals surface area contributed by atoms with Crippen molar-refractivity contribution in [3.8, 4) is 0 Å². The van der Waals surface area contributed by atoms with Crippen molar-refractivity contribution in [3.63, 3.8) is 0 Å². The summed E-state index contributed by atoms with van der Waals surface area (Å²) >= 11 is 0. The average Bonchev–Trinajstić information content (AvgIpc) is 2.36. The van der Waals surface area contributed by atoms with Crippen LogP contribution in [-0.4, -0.2) is 30.3 Å².